The first-order valence-electron chi connectivity index (χ1n) is 7.33. The summed E-state index contributed by atoms with van der Waals surface area (Å²) < 4.78 is 0. The molecule has 1 heterocycles. The summed E-state index contributed by atoms with van der Waals surface area (Å²) in [5.74, 6) is 0.689. The quantitative estimate of drug-likeness (QED) is 0.737. The van der Waals surface area contributed by atoms with Crippen molar-refractivity contribution in [3.63, 3.8) is 0 Å². The molecule has 0 aromatic heterocycles. The number of nitrogens with two attached hydrogens (primary N) is 1. The van der Waals surface area contributed by atoms with Crippen molar-refractivity contribution in [2.75, 3.05) is 39.8 Å². The van der Waals surface area contributed by atoms with Crippen molar-refractivity contribution < 1.29 is 0 Å². The fourth-order valence-corrected chi connectivity index (χ4v) is 2.92. The minimum absolute atomic E-state index is 0.689. The summed E-state index contributed by atoms with van der Waals surface area (Å²) in [6, 6.07) is 0.781. The van der Waals surface area contributed by atoms with E-state index in [1.165, 1.54) is 51.9 Å². The Morgan fingerprint density at radius 3 is 2.41 bits per heavy atom. The molecule has 0 amide bonds. The smallest absolute Gasteiger partial charge is 0.0117 e. The van der Waals surface area contributed by atoms with Crippen molar-refractivity contribution in [1.82, 2.24) is 9.80 Å². The van der Waals surface area contributed by atoms with E-state index in [0.717, 1.165) is 12.6 Å². The predicted octanol–water partition coefficient (Wildman–Crippen LogP) is 1.78. The molecule has 3 nitrogen and oxygen atoms in total. The van der Waals surface area contributed by atoms with Gasteiger partial charge in [-0.2, -0.15) is 0 Å². The molecular weight excluding hydrogens is 210 g/mol. The Hall–Kier alpha value is -0.120. The summed E-state index contributed by atoms with van der Waals surface area (Å²) in [4.78, 5) is 5.11. The summed E-state index contributed by atoms with van der Waals surface area (Å²) in [7, 11) is 2.28. The highest BCUT2D eigenvalue weighted by Gasteiger charge is 2.22. The summed E-state index contributed by atoms with van der Waals surface area (Å²) >= 11 is 0. The first-order valence-corrected chi connectivity index (χ1v) is 7.33. The van der Waals surface area contributed by atoms with E-state index < -0.39 is 0 Å². The molecule has 1 aliphatic rings. The Bertz CT molecular complexity index is 188. The second-order valence-corrected chi connectivity index (χ2v) is 5.50. The Labute approximate surface area is 107 Å². The highest BCUT2D eigenvalue weighted by atomic mass is 15.2. The lowest BCUT2D eigenvalue weighted by Gasteiger charge is -2.37. The normalized spacial score (nSPS) is 21.0. The van der Waals surface area contributed by atoms with Crippen LogP contribution in [0.3, 0.4) is 0 Å². The topological polar surface area (TPSA) is 32.5 Å². The van der Waals surface area contributed by atoms with E-state index in [-0.39, 0.29) is 0 Å². The van der Waals surface area contributed by atoms with Crippen molar-refractivity contribution in [2.45, 2.75) is 45.6 Å². The van der Waals surface area contributed by atoms with E-state index in [9.17, 15) is 0 Å². The minimum Gasteiger partial charge on any atom is -0.330 e. The summed E-state index contributed by atoms with van der Waals surface area (Å²) in [6.45, 7) is 10.3. The van der Waals surface area contributed by atoms with Crippen LogP contribution in [0, 0.1) is 5.92 Å². The largest absolute Gasteiger partial charge is 0.330 e. The van der Waals surface area contributed by atoms with Crippen molar-refractivity contribution >= 4 is 0 Å². The molecule has 1 unspecified atom stereocenters. The summed E-state index contributed by atoms with van der Waals surface area (Å²) in [6.07, 6.45) is 5.18. The molecule has 3 heteroatoms. The van der Waals surface area contributed by atoms with Crippen LogP contribution in [-0.4, -0.2) is 55.6 Å². The second kappa shape index (κ2) is 8.06. The molecule has 0 aromatic rings. The van der Waals surface area contributed by atoms with Gasteiger partial charge in [0.25, 0.3) is 0 Å². The van der Waals surface area contributed by atoms with E-state index in [4.69, 9.17) is 5.73 Å². The molecule has 0 spiro atoms. The van der Waals surface area contributed by atoms with Gasteiger partial charge in [-0.15, -0.1) is 0 Å². The Balaban J connectivity index is 2.30. The average molecular weight is 241 g/mol. The van der Waals surface area contributed by atoms with Gasteiger partial charge in [0.15, 0.2) is 0 Å². The SMILES string of the molecule is CCCC(CN)CN(C)C1CCN(CC)CC1. The van der Waals surface area contributed by atoms with E-state index in [0.29, 0.717) is 5.92 Å². The third-order valence-corrected chi connectivity index (χ3v) is 4.20. The molecule has 1 rings (SSSR count). The average Bonchev–Trinajstić information content (AvgIpc) is 2.38. The van der Waals surface area contributed by atoms with Gasteiger partial charge in [-0.05, 0) is 58.4 Å². The zero-order valence-corrected chi connectivity index (χ0v) is 12.0. The molecule has 0 saturated carbocycles. The monoisotopic (exact) mass is 241 g/mol. The number of piperidine rings is 1. The van der Waals surface area contributed by atoms with Crippen molar-refractivity contribution in [1.29, 1.82) is 0 Å². The maximum atomic E-state index is 5.85. The Morgan fingerprint density at radius 1 is 1.29 bits per heavy atom. The van der Waals surface area contributed by atoms with Crippen LogP contribution < -0.4 is 5.73 Å². The van der Waals surface area contributed by atoms with Gasteiger partial charge in [-0.1, -0.05) is 20.3 Å². The molecule has 17 heavy (non-hydrogen) atoms. The molecule has 1 atom stereocenters. The van der Waals surface area contributed by atoms with Gasteiger partial charge in [-0.3, -0.25) is 0 Å². The molecule has 0 bridgehead atoms. The van der Waals surface area contributed by atoms with Crippen LogP contribution in [0.2, 0.25) is 0 Å². The van der Waals surface area contributed by atoms with E-state index in [2.05, 4.69) is 30.7 Å². The van der Waals surface area contributed by atoms with Crippen LogP contribution >= 0.6 is 0 Å². The molecule has 1 aliphatic heterocycles. The van der Waals surface area contributed by atoms with Gasteiger partial charge < -0.3 is 15.5 Å². The van der Waals surface area contributed by atoms with Gasteiger partial charge in [0.1, 0.15) is 0 Å². The summed E-state index contributed by atoms with van der Waals surface area (Å²) in [5, 5.41) is 0. The Morgan fingerprint density at radius 2 is 1.94 bits per heavy atom. The number of hydrogen-bond acceptors (Lipinski definition) is 3. The number of likely N-dealkylation sites (tertiary alicyclic amines) is 1. The van der Waals surface area contributed by atoms with Gasteiger partial charge in [0.2, 0.25) is 0 Å². The summed E-state index contributed by atoms with van der Waals surface area (Å²) in [5.41, 5.74) is 5.85. The molecule has 0 aliphatic carbocycles. The van der Waals surface area contributed by atoms with Crippen LogP contribution in [0.5, 0.6) is 0 Å². The minimum atomic E-state index is 0.689. The number of nitrogens with zero attached hydrogens (tertiary/aromatic N) is 2. The first-order chi connectivity index (χ1) is 8.21. The molecular formula is C14H31N3. The zero-order chi connectivity index (χ0) is 12.7. The first kappa shape index (κ1) is 14.9. The fourth-order valence-electron chi connectivity index (χ4n) is 2.92. The molecule has 102 valence electrons. The Kier molecular flexibility index (Phi) is 7.09. The van der Waals surface area contributed by atoms with Gasteiger partial charge in [0, 0.05) is 12.6 Å². The molecule has 0 aromatic carbocycles. The van der Waals surface area contributed by atoms with E-state index >= 15 is 0 Å². The van der Waals surface area contributed by atoms with Gasteiger partial charge in [-0.25, -0.2) is 0 Å². The van der Waals surface area contributed by atoms with Crippen LogP contribution in [0.4, 0.5) is 0 Å². The highest BCUT2D eigenvalue weighted by Crippen LogP contribution is 2.17. The molecule has 1 saturated heterocycles. The predicted molar refractivity (Wildman–Crippen MR) is 75.2 cm³/mol. The van der Waals surface area contributed by atoms with Crippen molar-refractivity contribution in [3.8, 4) is 0 Å². The van der Waals surface area contributed by atoms with Crippen LogP contribution in [0.1, 0.15) is 39.5 Å². The van der Waals surface area contributed by atoms with Crippen molar-refractivity contribution in [3.05, 3.63) is 0 Å². The lowest BCUT2D eigenvalue weighted by Crippen LogP contribution is -2.45. The van der Waals surface area contributed by atoms with Crippen LogP contribution in [0.15, 0.2) is 0 Å². The third kappa shape index (κ3) is 4.94. The lowest BCUT2D eigenvalue weighted by atomic mass is 9.99. The van der Waals surface area contributed by atoms with Gasteiger partial charge in [0.05, 0.1) is 0 Å². The van der Waals surface area contributed by atoms with E-state index in [1.807, 2.05) is 0 Å². The van der Waals surface area contributed by atoms with Crippen molar-refractivity contribution in [2.24, 2.45) is 11.7 Å². The van der Waals surface area contributed by atoms with Crippen LogP contribution in [-0.2, 0) is 0 Å². The second-order valence-electron chi connectivity index (χ2n) is 5.50. The highest BCUT2D eigenvalue weighted by molar-refractivity contribution is 4.79. The maximum Gasteiger partial charge on any atom is 0.0117 e. The molecule has 2 N–H and O–H groups in total. The number of rotatable bonds is 7. The standard InChI is InChI=1S/C14H31N3/c1-4-6-13(11-15)12-16(3)14-7-9-17(5-2)10-8-14/h13-14H,4-12,15H2,1-3H3. The maximum absolute atomic E-state index is 5.85. The van der Waals surface area contributed by atoms with Crippen LogP contribution in [0.25, 0.3) is 0 Å². The fraction of sp³-hybridized carbons (Fsp3) is 1.00. The third-order valence-electron chi connectivity index (χ3n) is 4.20. The lowest BCUT2D eigenvalue weighted by molar-refractivity contribution is 0.118. The van der Waals surface area contributed by atoms with Gasteiger partial charge >= 0.3 is 0 Å². The van der Waals surface area contributed by atoms with E-state index in [1.54, 1.807) is 0 Å². The zero-order valence-electron chi connectivity index (χ0n) is 12.0. The number of hydrogen-bond donors (Lipinski definition) is 1. The molecule has 0 radical (unpaired) electrons. The molecule has 1 fully saturated rings.